The summed E-state index contributed by atoms with van der Waals surface area (Å²) in [4.78, 5) is 3.26. The van der Waals surface area contributed by atoms with Crippen molar-refractivity contribution >= 4 is 44.4 Å². The van der Waals surface area contributed by atoms with Crippen LogP contribution in [0, 0.1) is 56.5 Å². The van der Waals surface area contributed by atoms with Crippen LogP contribution in [0.25, 0.3) is 16.2 Å². The molecule has 2 aliphatic rings. The number of hydrogen-bond donors (Lipinski definition) is 0. The van der Waals surface area contributed by atoms with Gasteiger partial charge < -0.3 is 0 Å². The number of halogens is 3. The minimum Gasteiger partial charge on any atom is -0.241 e. The van der Waals surface area contributed by atoms with E-state index in [2.05, 4.69) is 93.9 Å². The van der Waals surface area contributed by atoms with E-state index in [0.717, 1.165) is 33.4 Å². The zero-order chi connectivity index (χ0) is 34.5. The molecule has 2 aromatic carbocycles. The molecule has 2 heterocycles. The van der Waals surface area contributed by atoms with Gasteiger partial charge in [0.15, 0.2) is 5.69 Å². The van der Waals surface area contributed by atoms with Crippen molar-refractivity contribution in [1.29, 1.82) is 5.26 Å². The van der Waals surface area contributed by atoms with E-state index in [1.807, 2.05) is 18.5 Å². The maximum absolute atomic E-state index is 13.7. The molecule has 47 heavy (non-hydrogen) atoms. The van der Waals surface area contributed by atoms with Crippen molar-refractivity contribution in [3.05, 3.63) is 97.9 Å². The molecule has 0 aliphatic heterocycles. The first-order valence-corrected chi connectivity index (χ1v) is 23.4. The third-order valence-electron chi connectivity index (χ3n) is 6.91. The summed E-state index contributed by atoms with van der Waals surface area (Å²) in [5.41, 5.74) is 10.9. The largest absolute Gasteiger partial charge is 0.241 e. The van der Waals surface area contributed by atoms with Crippen LogP contribution >= 0.6 is 22.6 Å². The molecule has 0 bridgehead atoms. The number of terminal acetylenes is 1. The summed E-state index contributed by atoms with van der Waals surface area (Å²) < 4.78 is 31.5. The lowest BCUT2D eigenvalue weighted by molar-refractivity contribution is 0.624. The van der Waals surface area contributed by atoms with Gasteiger partial charge in [0.25, 0.3) is 0 Å². The highest BCUT2D eigenvalue weighted by molar-refractivity contribution is 14.1. The van der Waals surface area contributed by atoms with Crippen molar-refractivity contribution in [3.63, 3.8) is 0 Å². The molecule has 6 rings (SSSR count). The first-order valence-electron chi connectivity index (χ1n) is 15.3. The zero-order valence-electron chi connectivity index (χ0n) is 27.5. The van der Waals surface area contributed by atoms with E-state index in [9.17, 15) is 8.78 Å². The Balaban J connectivity index is 0.000000185. The monoisotopic (exact) mass is 774 g/mol. The lowest BCUT2D eigenvalue weighted by atomic mass is 10.2. The highest BCUT2D eigenvalue weighted by Crippen LogP contribution is 2.42. The van der Waals surface area contributed by atoms with Gasteiger partial charge in [-0.15, -0.1) is 17.5 Å². The first kappa shape index (κ1) is 35.8. The van der Waals surface area contributed by atoms with Gasteiger partial charge in [-0.2, -0.15) is 15.5 Å². The first-order chi connectivity index (χ1) is 22.1. The van der Waals surface area contributed by atoms with Crippen LogP contribution in [-0.4, -0.2) is 35.7 Å². The minimum absolute atomic E-state index is 0.290. The highest BCUT2D eigenvalue weighted by Gasteiger charge is 2.30. The van der Waals surface area contributed by atoms with E-state index in [1.165, 1.54) is 37.1 Å². The van der Waals surface area contributed by atoms with E-state index >= 15 is 0 Å². The highest BCUT2D eigenvalue weighted by atomic mass is 127. The van der Waals surface area contributed by atoms with Gasteiger partial charge >= 0.3 is 0 Å². The number of rotatable bonds is 4. The van der Waals surface area contributed by atoms with Crippen LogP contribution in [0.1, 0.15) is 60.0 Å². The molecule has 2 saturated carbocycles. The van der Waals surface area contributed by atoms with Crippen LogP contribution in [-0.2, 0) is 0 Å². The second kappa shape index (κ2) is 14.8. The molecule has 0 N–H and O–H groups in total. The average Bonchev–Trinajstić information content (AvgIpc) is 3.95. The van der Waals surface area contributed by atoms with Gasteiger partial charge in [0.1, 0.15) is 27.8 Å². The third kappa shape index (κ3) is 10.8. The van der Waals surface area contributed by atoms with Crippen LogP contribution < -0.4 is 0 Å². The molecule has 240 valence electrons. The fourth-order valence-corrected chi connectivity index (χ4v) is 5.51. The van der Waals surface area contributed by atoms with Gasteiger partial charge in [-0.05, 0) is 84.7 Å². The Morgan fingerprint density at radius 3 is 1.91 bits per heavy atom. The minimum atomic E-state index is -1.47. The van der Waals surface area contributed by atoms with Crippen LogP contribution in [0.3, 0.4) is 0 Å². The maximum atomic E-state index is 13.7. The van der Waals surface area contributed by atoms with E-state index in [1.54, 1.807) is 21.5 Å². The smallest absolute Gasteiger partial charge is 0.192 e. The van der Waals surface area contributed by atoms with Crippen LogP contribution in [0.5, 0.6) is 0 Å². The van der Waals surface area contributed by atoms with Crippen molar-refractivity contribution in [2.45, 2.75) is 76.8 Å². The second-order valence-electron chi connectivity index (χ2n) is 13.7. The summed E-state index contributed by atoms with van der Waals surface area (Å²) >= 11 is 2.25. The molecular formula is C36H37F2IN6Si2. The molecule has 0 radical (unpaired) electrons. The van der Waals surface area contributed by atoms with Crippen molar-refractivity contribution in [1.82, 2.24) is 19.6 Å². The lowest BCUT2D eigenvalue weighted by Gasteiger charge is -2.03. The van der Waals surface area contributed by atoms with Gasteiger partial charge in [-0.1, -0.05) is 45.2 Å². The number of nitrogens with zero attached hydrogens (tertiary/aromatic N) is 6. The molecule has 2 fully saturated rings. The second-order valence-corrected chi connectivity index (χ2v) is 24.4. The van der Waals surface area contributed by atoms with Gasteiger partial charge in [0.2, 0.25) is 0 Å². The Bertz CT molecular complexity index is 1960. The van der Waals surface area contributed by atoms with E-state index < -0.39 is 27.8 Å². The van der Waals surface area contributed by atoms with E-state index in [4.69, 9.17) is 18.3 Å². The Morgan fingerprint density at radius 1 is 0.851 bits per heavy atom. The molecule has 0 atom stereocenters. The SMILES string of the molecule is C#C[Si](C)(C)C.C[Si](C)(C)C#Cc1cn(-c2cc(F)cc(C#N)c2)nc1C1CC1.[C-]#[N+]c1cc(F)cc(-n2cc(I)c(C3CC3)n2)c1. The number of aromatic nitrogens is 4. The van der Waals surface area contributed by atoms with Gasteiger partial charge in [0.05, 0.1) is 50.1 Å². The van der Waals surface area contributed by atoms with Crippen molar-refractivity contribution < 1.29 is 8.78 Å². The van der Waals surface area contributed by atoms with Crippen LogP contribution in [0.4, 0.5) is 14.5 Å². The molecule has 0 unspecified atom stereocenters. The topological polar surface area (TPSA) is 63.8 Å². The fraction of sp³-hybridized carbons (Fsp3) is 0.333. The Kier molecular flexibility index (Phi) is 11.3. The molecule has 2 aromatic heterocycles. The molecule has 0 amide bonds. The molecule has 6 nitrogen and oxygen atoms in total. The number of benzene rings is 2. The Hall–Kier alpha value is -4.02. The van der Waals surface area contributed by atoms with Crippen molar-refractivity contribution in [2.24, 2.45) is 0 Å². The van der Waals surface area contributed by atoms with Crippen LogP contribution in [0.15, 0.2) is 48.8 Å². The lowest BCUT2D eigenvalue weighted by Crippen LogP contribution is -2.16. The molecule has 4 aromatic rings. The predicted octanol–water partition coefficient (Wildman–Crippen LogP) is 9.53. The van der Waals surface area contributed by atoms with Gasteiger partial charge in [-0.25, -0.2) is 23.0 Å². The molecular weight excluding hydrogens is 738 g/mol. The summed E-state index contributed by atoms with van der Waals surface area (Å²) in [6, 6.07) is 10.5. The van der Waals surface area contributed by atoms with Crippen molar-refractivity contribution in [3.8, 4) is 40.9 Å². The Labute approximate surface area is 292 Å². The third-order valence-corrected chi connectivity index (χ3v) is 9.48. The summed E-state index contributed by atoms with van der Waals surface area (Å²) in [6.07, 6.45) is 13.5. The van der Waals surface area contributed by atoms with E-state index in [-0.39, 0.29) is 0 Å². The Morgan fingerprint density at radius 2 is 1.38 bits per heavy atom. The normalized spacial score (nSPS) is 13.7. The fourth-order valence-electron chi connectivity index (χ4n) is 4.19. The van der Waals surface area contributed by atoms with Crippen LogP contribution in [0.2, 0.25) is 39.3 Å². The summed E-state index contributed by atoms with van der Waals surface area (Å²) in [7, 11) is -2.58. The molecule has 11 heteroatoms. The molecule has 0 spiro atoms. The zero-order valence-corrected chi connectivity index (χ0v) is 31.7. The van der Waals surface area contributed by atoms with Crippen molar-refractivity contribution in [2.75, 3.05) is 0 Å². The predicted molar refractivity (Wildman–Crippen MR) is 197 cm³/mol. The standard InChI is InChI=1S/C18H18FN3Si.C13H9FIN3.C5H10Si/c1-23(2,3)7-6-15-12-22(21-18(15)14-4-5-14)17-9-13(11-20)8-16(19)10-17;1-16-10-4-9(14)5-11(6-10)18-7-12(15)13(17-18)8-2-3-8;1-5-6(2,3)4/h8-10,12,14H,4-5H2,1-3H3;4-8H,2-3H2;1H,2-4H3. The average molecular weight is 775 g/mol. The van der Waals surface area contributed by atoms with Gasteiger partial charge in [-0.3, -0.25) is 0 Å². The van der Waals surface area contributed by atoms with E-state index in [0.29, 0.717) is 34.5 Å². The summed E-state index contributed by atoms with van der Waals surface area (Å²) in [5, 5.41) is 18.1. The quantitative estimate of drug-likeness (QED) is 0.0899. The number of hydrogen-bond acceptors (Lipinski definition) is 3. The molecule has 0 saturated heterocycles. The summed E-state index contributed by atoms with van der Waals surface area (Å²) in [5.74, 6) is 3.47. The number of nitriles is 1. The summed E-state index contributed by atoms with van der Waals surface area (Å²) in [6.45, 7) is 20.0. The maximum Gasteiger partial charge on any atom is 0.192 e. The molecule has 2 aliphatic carbocycles. The van der Waals surface area contributed by atoms with Gasteiger partial charge in [0, 0.05) is 24.2 Å².